The van der Waals surface area contributed by atoms with Crippen LogP contribution in [0.3, 0.4) is 0 Å². The molecule has 1 saturated carbocycles. The molecule has 1 nitrogen and oxygen atoms in total. The van der Waals surface area contributed by atoms with Crippen LogP contribution in [-0.2, 0) is 0 Å². The summed E-state index contributed by atoms with van der Waals surface area (Å²) in [5.74, 6) is 1.84. The molecule has 1 heteroatoms. The Hall–Kier alpha value is -0.0400. The highest BCUT2D eigenvalue weighted by molar-refractivity contribution is 4.65. The third-order valence-corrected chi connectivity index (χ3v) is 4.11. The van der Waals surface area contributed by atoms with Gasteiger partial charge in [0.25, 0.3) is 0 Å². The van der Waals surface area contributed by atoms with E-state index in [0.29, 0.717) is 0 Å². The van der Waals surface area contributed by atoms with E-state index in [2.05, 4.69) is 6.92 Å². The number of rotatable bonds is 2. The van der Waals surface area contributed by atoms with Crippen molar-refractivity contribution in [3.63, 3.8) is 0 Å². The normalized spacial score (nSPS) is 30.8. The predicted octanol–water partition coefficient (Wildman–Crippen LogP) is 4.11. The minimum Gasteiger partial charge on any atom is -0.330 e. The molecule has 15 heavy (non-hydrogen) atoms. The largest absolute Gasteiger partial charge is 0.330 e. The second-order valence-electron chi connectivity index (χ2n) is 5.30. The van der Waals surface area contributed by atoms with Gasteiger partial charge in [0.05, 0.1) is 0 Å². The second kappa shape index (κ2) is 8.15. The summed E-state index contributed by atoms with van der Waals surface area (Å²) in [5, 5.41) is 0. The van der Waals surface area contributed by atoms with Gasteiger partial charge in [-0.25, -0.2) is 0 Å². The molecule has 90 valence electrons. The Bertz CT molecular complexity index is 128. The van der Waals surface area contributed by atoms with E-state index < -0.39 is 0 Å². The van der Waals surface area contributed by atoms with Crippen LogP contribution in [0, 0.1) is 11.8 Å². The van der Waals surface area contributed by atoms with Crippen LogP contribution in [0.5, 0.6) is 0 Å². The predicted molar refractivity (Wildman–Crippen MR) is 67.9 cm³/mol. The molecule has 1 aliphatic rings. The van der Waals surface area contributed by atoms with Crippen LogP contribution >= 0.6 is 0 Å². The van der Waals surface area contributed by atoms with E-state index >= 15 is 0 Å². The molecule has 0 bridgehead atoms. The SMILES string of the molecule is CCC1CCCCC[C@H](CN)CCCC1. The molecule has 2 atom stereocenters. The van der Waals surface area contributed by atoms with Crippen molar-refractivity contribution >= 4 is 0 Å². The fourth-order valence-corrected chi connectivity index (χ4v) is 2.84. The zero-order valence-corrected chi connectivity index (χ0v) is 10.5. The van der Waals surface area contributed by atoms with E-state index in [9.17, 15) is 0 Å². The summed E-state index contributed by atoms with van der Waals surface area (Å²) >= 11 is 0. The molecule has 1 fully saturated rings. The van der Waals surface area contributed by atoms with Crippen molar-refractivity contribution < 1.29 is 0 Å². The molecule has 0 aromatic carbocycles. The summed E-state index contributed by atoms with van der Waals surface area (Å²) in [6, 6.07) is 0. The van der Waals surface area contributed by atoms with Crippen LogP contribution in [0.1, 0.15) is 71.1 Å². The Morgan fingerprint density at radius 1 is 0.800 bits per heavy atom. The van der Waals surface area contributed by atoms with Crippen molar-refractivity contribution in [3.8, 4) is 0 Å². The summed E-state index contributed by atoms with van der Waals surface area (Å²) in [4.78, 5) is 0. The van der Waals surface area contributed by atoms with Crippen molar-refractivity contribution in [2.45, 2.75) is 71.1 Å². The van der Waals surface area contributed by atoms with Gasteiger partial charge in [-0.15, -0.1) is 0 Å². The van der Waals surface area contributed by atoms with Crippen LogP contribution < -0.4 is 5.73 Å². The Labute approximate surface area is 95.8 Å². The lowest BCUT2D eigenvalue weighted by molar-refractivity contribution is 0.398. The smallest absolute Gasteiger partial charge is 0.00489 e. The third kappa shape index (κ3) is 5.55. The van der Waals surface area contributed by atoms with Crippen LogP contribution in [-0.4, -0.2) is 6.54 Å². The van der Waals surface area contributed by atoms with Gasteiger partial charge < -0.3 is 5.73 Å². The highest BCUT2D eigenvalue weighted by Gasteiger charge is 2.11. The summed E-state index contributed by atoms with van der Waals surface area (Å²) in [5.41, 5.74) is 5.81. The molecule has 2 N–H and O–H groups in total. The molecule has 0 aliphatic heterocycles. The maximum absolute atomic E-state index is 5.81. The average Bonchev–Trinajstić information content (AvgIpc) is 2.32. The topological polar surface area (TPSA) is 26.0 Å². The first-order valence-electron chi connectivity index (χ1n) is 7.06. The average molecular weight is 211 g/mol. The van der Waals surface area contributed by atoms with Gasteiger partial charge in [-0.05, 0) is 31.2 Å². The van der Waals surface area contributed by atoms with Gasteiger partial charge in [-0.1, -0.05) is 58.3 Å². The van der Waals surface area contributed by atoms with E-state index in [0.717, 1.165) is 18.4 Å². The minimum atomic E-state index is 0.822. The lowest BCUT2D eigenvalue weighted by atomic mass is 9.93. The van der Waals surface area contributed by atoms with Gasteiger partial charge in [-0.3, -0.25) is 0 Å². The highest BCUT2D eigenvalue weighted by Crippen LogP contribution is 2.25. The lowest BCUT2D eigenvalue weighted by Gasteiger charge is -2.14. The first-order chi connectivity index (χ1) is 7.36. The molecule has 0 aromatic heterocycles. The summed E-state index contributed by atoms with van der Waals surface area (Å²) in [6.07, 6.45) is 14.3. The Balaban J connectivity index is 2.29. The molecule has 0 radical (unpaired) electrons. The lowest BCUT2D eigenvalue weighted by Crippen LogP contribution is -2.14. The minimum absolute atomic E-state index is 0.822. The first-order valence-corrected chi connectivity index (χ1v) is 7.06. The van der Waals surface area contributed by atoms with Crippen LogP contribution in [0.25, 0.3) is 0 Å². The number of hydrogen-bond acceptors (Lipinski definition) is 1. The van der Waals surface area contributed by atoms with Gasteiger partial charge >= 0.3 is 0 Å². The van der Waals surface area contributed by atoms with Crippen molar-refractivity contribution in [1.82, 2.24) is 0 Å². The van der Waals surface area contributed by atoms with Crippen LogP contribution in [0.2, 0.25) is 0 Å². The molecule has 0 spiro atoms. The van der Waals surface area contributed by atoms with Crippen molar-refractivity contribution in [3.05, 3.63) is 0 Å². The highest BCUT2D eigenvalue weighted by atomic mass is 14.5. The molecule has 1 rings (SSSR count). The Morgan fingerprint density at radius 3 is 1.73 bits per heavy atom. The maximum atomic E-state index is 5.81. The molecule has 1 unspecified atom stereocenters. The van der Waals surface area contributed by atoms with Crippen molar-refractivity contribution in [2.75, 3.05) is 6.54 Å². The van der Waals surface area contributed by atoms with Crippen molar-refractivity contribution in [2.24, 2.45) is 17.6 Å². The van der Waals surface area contributed by atoms with E-state index in [1.807, 2.05) is 0 Å². The fraction of sp³-hybridized carbons (Fsp3) is 1.00. The Kier molecular flexibility index (Phi) is 7.08. The quantitative estimate of drug-likeness (QED) is 0.731. The number of nitrogens with two attached hydrogens (primary N) is 1. The molecule has 0 heterocycles. The van der Waals surface area contributed by atoms with Gasteiger partial charge in [0.2, 0.25) is 0 Å². The van der Waals surface area contributed by atoms with E-state index in [-0.39, 0.29) is 0 Å². The van der Waals surface area contributed by atoms with E-state index in [4.69, 9.17) is 5.73 Å². The monoisotopic (exact) mass is 211 g/mol. The maximum Gasteiger partial charge on any atom is -0.00489 e. The van der Waals surface area contributed by atoms with Gasteiger partial charge in [0, 0.05) is 0 Å². The molecule has 0 saturated heterocycles. The summed E-state index contributed by atoms with van der Waals surface area (Å²) < 4.78 is 0. The summed E-state index contributed by atoms with van der Waals surface area (Å²) in [6.45, 7) is 3.27. The zero-order chi connectivity index (χ0) is 10.9. The fourth-order valence-electron chi connectivity index (χ4n) is 2.84. The third-order valence-electron chi connectivity index (χ3n) is 4.11. The van der Waals surface area contributed by atoms with E-state index in [1.54, 1.807) is 0 Å². The standard InChI is InChI=1S/C14H29N/c1-2-13-8-4-3-5-10-14(12-15)11-7-6-9-13/h13-14H,2-12,15H2,1H3/t13?,14-/m0/s1. The molecule has 0 amide bonds. The van der Waals surface area contributed by atoms with Crippen molar-refractivity contribution in [1.29, 1.82) is 0 Å². The molecular formula is C14H29N. The molecule has 1 aliphatic carbocycles. The van der Waals surface area contributed by atoms with Crippen LogP contribution in [0.4, 0.5) is 0 Å². The Morgan fingerprint density at radius 2 is 1.27 bits per heavy atom. The van der Waals surface area contributed by atoms with Gasteiger partial charge in [0.15, 0.2) is 0 Å². The molecular weight excluding hydrogens is 182 g/mol. The first kappa shape index (κ1) is 13.0. The second-order valence-corrected chi connectivity index (χ2v) is 5.30. The summed E-state index contributed by atoms with van der Waals surface area (Å²) in [7, 11) is 0. The van der Waals surface area contributed by atoms with Gasteiger partial charge in [0.1, 0.15) is 0 Å². The van der Waals surface area contributed by atoms with E-state index in [1.165, 1.54) is 64.2 Å². The zero-order valence-electron chi connectivity index (χ0n) is 10.5. The van der Waals surface area contributed by atoms with Crippen LogP contribution in [0.15, 0.2) is 0 Å². The molecule has 0 aromatic rings. The number of hydrogen-bond donors (Lipinski definition) is 1. The van der Waals surface area contributed by atoms with Gasteiger partial charge in [-0.2, -0.15) is 0 Å².